The Bertz CT molecular complexity index is 494. The second-order valence-electron chi connectivity index (χ2n) is 5.36. The molecule has 2 N–H and O–H groups in total. The molecule has 1 amide bonds. The monoisotopic (exact) mass is 264 g/mol. The number of carbonyl (C=O) groups is 1. The van der Waals surface area contributed by atoms with Gasteiger partial charge in [-0.1, -0.05) is 6.42 Å². The maximum atomic E-state index is 12.9. The van der Waals surface area contributed by atoms with E-state index in [4.69, 9.17) is 0 Å². The van der Waals surface area contributed by atoms with E-state index in [0.717, 1.165) is 18.9 Å². The van der Waals surface area contributed by atoms with Crippen molar-refractivity contribution in [3.05, 3.63) is 29.6 Å². The summed E-state index contributed by atoms with van der Waals surface area (Å²) in [6, 6.07) is 4.23. The lowest BCUT2D eigenvalue weighted by Gasteiger charge is -2.42. The molecule has 0 aliphatic carbocycles. The van der Waals surface area contributed by atoms with Crippen LogP contribution in [0.3, 0.4) is 0 Å². The minimum atomic E-state index is -0.536. The number of hydrogen-bond donors (Lipinski definition) is 2. The van der Waals surface area contributed by atoms with Gasteiger partial charge in [0.2, 0.25) is 0 Å². The summed E-state index contributed by atoms with van der Waals surface area (Å²) in [5, 5.41) is 13.2. The Hall–Kier alpha value is -1.62. The van der Waals surface area contributed by atoms with Crippen molar-refractivity contribution >= 4 is 5.91 Å². The van der Waals surface area contributed by atoms with Crippen LogP contribution in [0.2, 0.25) is 0 Å². The molecule has 2 unspecified atom stereocenters. The largest absolute Gasteiger partial charge is 0.507 e. The second-order valence-corrected chi connectivity index (χ2v) is 5.36. The van der Waals surface area contributed by atoms with Crippen LogP contribution in [0.1, 0.15) is 29.6 Å². The lowest BCUT2D eigenvalue weighted by atomic mass is 9.94. The molecule has 1 aromatic carbocycles. The third-order valence-electron chi connectivity index (χ3n) is 3.94. The highest BCUT2D eigenvalue weighted by Crippen LogP contribution is 2.24. The number of halogens is 1. The number of likely N-dealkylation sites (tertiary alicyclic amines) is 1. The van der Waals surface area contributed by atoms with Crippen LogP contribution in [0, 0.1) is 5.82 Å². The first kappa shape index (κ1) is 12.4. The molecule has 102 valence electrons. The average Bonchev–Trinajstić information content (AvgIpc) is 2.37. The molecule has 2 aliphatic heterocycles. The van der Waals surface area contributed by atoms with Crippen LogP contribution >= 0.6 is 0 Å². The number of rotatable bonds is 1. The van der Waals surface area contributed by atoms with Gasteiger partial charge in [0.15, 0.2) is 0 Å². The van der Waals surface area contributed by atoms with Crippen LogP contribution in [0.5, 0.6) is 5.75 Å². The van der Waals surface area contributed by atoms with Crippen LogP contribution in [0.15, 0.2) is 18.2 Å². The fourth-order valence-electron chi connectivity index (χ4n) is 3.03. The Morgan fingerprint density at radius 1 is 1.32 bits per heavy atom. The van der Waals surface area contributed by atoms with Crippen LogP contribution < -0.4 is 5.32 Å². The van der Waals surface area contributed by atoms with Gasteiger partial charge in [-0.05, 0) is 25.0 Å². The minimum absolute atomic E-state index is 0.182. The van der Waals surface area contributed by atoms with Crippen molar-refractivity contribution in [2.45, 2.75) is 31.3 Å². The smallest absolute Gasteiger partial charge is 0.257 e. The number of fused-ring (bicyclic) bond motifs is 2. The number of phenols is 1. The number of amides is 1. The molecule has 0 radical (unpaired) electrons. The number of benzene rings is 1. The van der Waals surface area contributed by atoms with E-state index in [1.165, 1.54) is 18.6 Å². The Balaban J connectivity index is 1.80. The van der Waals surface area contributed by atoms with Crippen LogP contribution in [-0.4, -0.2) is 41.1 Å². The minimum Gasteiger partial charge on any atom is -0.507 e. The topological polar surface area (TPSA) is 52.6 Å². The van der Waals surface area contributed by atoms with Crippen molar-refractivity contribution in [3.8, 4) is 5.75 Å². The summed E-state index contributed by atoms with van der Waals surface area (Å²) >= 11 is 0. The molecule has 19 heavy (non-hydrogen) atoms. The van der Waals surface area contributed by atoms with Crippen molar-refractivity contribution < 1.29 is 14.3 Å². The second kappa shape index (κ2) is 4.81. The normalized spacial score (nSPS) is 26.3. The fourth-order valence-corrected chi connectivity index (χ4v) is 3.03. The Morgan fingerprint density at radius 2 is 2.00 bits per heavy atom. The summed E-state index contributed by atoms with van der Waals surface area (Å²) in [5.41, 5.74) is 0.182. The summed E-state index contributed by atoms with van der Waals surface area (Å²) in [5.74, 6) is -1.03. The van der Waals surface area contributed by atoms with Gasteiger partial charge in [-0.15, -0.1) is 0 Å². The highest BCUT2D eigenvalue weighted by atomic mass is 19.1. The maximum absolute atomic E-state index is 12.9. The SMILES string of the molecule is O=C(c1ccc(F)cc1O)N1CC2CCCC(C1)N2. The molecule has 2 fully saturated rings. The quantitative estimate of drug-likeness (QED) is 0.808. The van der Waals surface area contributed by atoms with Crippen molar-refractivity contribution in [1.82, 2.24) is 10.2 Å². The van der Waals surface area contributed by atoms with Gasteiger partial charge in [-0.25, -0.2) is 4.39 Å². The third-order valence-corrected chi connectivity index (χ3v) is 3.94. The first-order chi connectivity index (χ1) is 9.13. The predicted molar refractivity (Wildman–Crippen MR) is 68.5 cm³/mol. The molecule has 5 heteroatoms. The number of phenolic OH excluding ortho intramolecular Hbond substituents is 1. The molecule has 2 saturated heterocycles. The number of piperazine rings is 1. The number of carbonyl (C=O) groups excluding carboxylic acids is 1. The van der Waals surface area contributed by atoms with Gasteiger partial charge in [-0.2, -0.15) is 0 Å². The van der Waals surface area contributed by atoms with E-state index in [1.807, 2.05) is 0 Å². The van der Waals surface area contributed by atoms with Crippen molar-refractivity contribution in [1.29, 1.82) is 0 Å². The molecule has 2 heterocycles. The van der Waals surface area contributed by atoms with E-state index < -0.39 is 5.82 Å². The van der Waals surface area contributed by atoms with Crippen molar-refractivity contribution in [3.63, 3.8) is 0 Å². The van der Waals surface area contributed by atoms with Crippen LogP contribution in [0.25, 0.3) is 0 Å². The molecule has 2 atom stereocenters. The van der Waals surface area contributed by atoms with Gasteiger partial charge in [0.05, 0.1) is 5.56 Å². The third kappa shape index (κ3) is 2.42. The zero-order valence-corrected chi connectivity index (χ0v) is 10.6. The Labute approximate surface area is 111 Å². The van der Waals surface area contributed by atoms with Crippen molar-refractivity contribution in [2.24, 2.45) is 0 Å². The lowest BCUT2D eigenvalue weighted by Crippen LogP contribution is -2.59. The molecule has 0 spiro atoms. The van der Waals surface area contributed by atoms with E-state index in [9.17, 15) is 14.3 Å². The van der Waals surface area contributed by atoms with Gasteiger partial charge in [0, 0.05) is 31.2 Å². The zero-order chi connectivity index (χ0) is 13.4. The first-order valence-corrected chi connectivity index (χ1v) is 6.67. The van der Waals surface area contributed by atoms with Gasteiger partial charge < -0.3 is 15.3 Å². The van der Waals surface area contributed by atoms with E-state index >= 15 is 0 Å². The maximum Gasteiger partial charge on any atom is 0.257 e. The van der Waals surface area contributed by atoms with Crippen LogP contribution in [-0.2, 0) is 0 Å². The lowest BCUT2D eigenvalue weighted by molar-refractivity contribution is 0.0605. The van der Waals surface area contributed by atoms with E-state index in [-0.39, 0.29) is 17.2 Å². The molecule has 1 aromatic rings. The van der Waals surface area contributed by atoms with Crippen LogP contribution in [0.4, 0.5) is 4.39 Å². The highest BCUT2D eigenvalue weighted by molar-refractivity contribution is 5.96. The van der Waals surface area contributed by atoms with Gasteiger partial charge in [0.1, 0.15) is 11.6 Å². The number of nitrogens with one attached hydrogen (secondary N) is 1. The van der Waals surface area contributed by atoms with Gasteiger partial charge in [0.25, 0.3) is 5.91 Å². The number of nitrogens with zero attached hydrogens (tertiary/aromatic N) is 1. The molecule has 2 aliphatic rings. The molecular weight excluding hydrogens is 247 g/mol. The molecule has 0 saturated carbocycles. The average molecular weight is 264 g/mol. The van der Waals surface area contributed by atoms with E-state index in [1.54, 1.807) is 4.90 Å². The predicted octanol–water partition coefficient (Wildman–Crippen LogP) is 1.50. The van der Waals surface area contributed by atoms with E-state index in [2.05, 4.69) is 5.32 Å². The highest BCUT2D eigenvalue weighted by Gasteiger charge is 2.33. The Kier molecular flexibility index (Phi) is 3.14. The summed E-state index contributed by atoms with van der Waals surface area (Å²) in [4.78, 5) is 14.1. The first-order valence-electron chi connectivity index (χ1n) is 6.67. The standard InChI is InChI=1S/C14H17FN2O2/c15-9-4-5-12(13(18)6-9)14(19)17-7-10-2-1-3-11(8-17)16-10/h4-6,10-11,16,18H,1-3,7-8H2. The van der Waals surface area contributed by atoms with Gasteiger partial charge in [-0.3, -0.25) is 4.79 Å². The number of aromatic hydroxyl groups is 1. The molecule has 3 rings (SSSR count). The molecule has 4 nitrogen and oxygen atoms in total. The van der Waals surface area contributed by atoms with Gasteiger partial charge >= 0.3 is 0 Å². The molecule has 0 aromatic heterocycles. The number of hydrogen-bond acceptors (Lipinski definition) is 3. The summed E-state index contributed by atoms with van der Waals surface area (Å²) in [7, 11) is 0. The zero-order valence-electron chi connectivity index (χ0n) is 10.6. The number of piperidine rings is 1. The fraction of sp³-hybridized carbons (Fsp3) is 0.500. The summed E-state index contributed by atoms with van der Waals surface area (Å²) < 4.78 is 12.9. The molecule has 2 bridgehead atoms. The van der Waals surface area contributed by atoms with Crippen molar-refractivity contribution in [2.75, 3.05) is 13.1 Å². The van der Waals surface area contributed by atoms with E-state index in [0.29, 0.717) is 25.2 Å². The Morgan fingerprint density at radius 3 is 2.63 bits per heavy atom. The summed E-state index contributed by atoms with van der Waals surface area (Å²) in [6.07, 6.45) is 3.36. The summed E-state index contributed by atoms with van der Waals surface area (Å²) in [6.45, 7) is 1.32. The molecular formula is C14H17FN2O2.